The molecule has 0 saturated heterocycles. The first-order chi connectivity index (χ1) is 10.0. The molecule has 0 heterocycles. The highest BCUT2D eigenvalue weighted by Crippen LogP contribution is 2.29. The highest BCUT2D eigenvalue weighted by Gasteiger charge is 2.22. The third kappa shape index (κ3) is 5.32. The normalized spacial score (nSPS) is 12.0. The molecule has 0 fully saturated rings. The van der Waals surface area contributed by atoms with Gasteiger partial charge in [-0.3, -0.25) is 0 Å². The van der Waals surface area contributed by atoms with Gasteiger partial charge in [0.05, 0.1) is 6.61 Å². The van der Waals surface area contributed by atoms with Gasteiger partial charge >= 0.3 is 5.97 Å². The highest BCUT2D eigenvalue weighted by atomic mass is 79.9. The molecule has 0 aromatic heterocycles. The van der Waals surface area contributed by atoms with E-state index >= 15 is 0 Å². The maximum absolute atomic E-state index is 11.9. The lowest BCUT2D eigenvalue weighted by Gasteiger charge is -2.20. The summed E-state index contributed by atoms with van der Waals surface area (Å²) < 4.78 is 12.0. The zero-order valence-corrected chi connectivity index (χ0v) is 14.7. The zero-order chi connectivity index (χ0) is 15.8. The maximum atomic E-state index is 11.9. The topological polar surface area (TPSA) is 47.6 Å². The fraction of sp³-hybridized carbons (Fsp3) is 0.562. The maximum Gasteiger partial charge on any atom is 0.347 e. The van der Waals surface area contributed by atoms with E-state index in [-0.39, 0.29) is 5.97 Å². The molecule has 21 heavy (non-hydrogen) atoms. The number of halogens is 1. The molecule has 1 atom stereocenters. The quantitative estimate of drug-likeness (QED) is 0.722. The van der Waals surface area contributed by atoms with Crippen LogP contribution < -0.4 is 10.1 Å². The van der Waals surface area contributed by atoms with Crippen molar-refractivity contribution in [3.8, 4) is 5.75 Å². The molecule has 0 radical (unpaired) electrons. The molecule has 0 saturated carbocycles. The largest absolute Gasteiger partial charge is 0.478 e. The molecule has 1 aromatic rings. The molecular formula is C16H24BrNO3. The second-order valence-corrected chi connectivity index (χ2v) is 5.67. The van der Waals surface area contributed by atoms with E-state index in [0.29, 0.717) is 19.6 Å². The SMILES string of the molecule is CCNCc1cc(Br)cc(C)c1OC(CC)C(=O)OCC. The van der Waals surface area contributed by atoms with Crippen molar-refractivity contribution in [2.75, 3.05) is 13.2 Å². The van der Waals surface area contributed by atoms with E-state index in [1.807, 2.05) is 26.0 Å². The Morgan fingerprint density at radius 1 is 1.33 bits per heavy atom. The standard InChI is InChI=1S/C16H24BrNO3/c1-5-14(16(19)20-7-3)21-15-11(4)8-13(17)9-12(15)10-18-6-2/h8-9,14,18H,5-7,10H2,1-4H3. The number of carbonyl (C=O) groups is 1. The molecule has 0 aliphatic rings. The predicted molar refractivity (Wildman–Crippen MR) is 87.6 cm³/mol. The summed E-state index contributed by atoms with van der Waals surface area (Å²) in [6, 6.07) is 4.01. The van der Waals surface area contributed by atoms with Crippen LogP contribution in [0.2, 0.25) is 0 Å². The monoisotopic (exact) mass is 357 g/mol. The van der Waals surface area contributed by atoms with E-state index in [0.717, 1.165) is 27.9 Å². The van der Waals surface area contributed by atoms with Crippen molar-refractivity contribution in [1.29, 1.82) is 0 Å². The van der Waals surface area contributed by atoms with E-state index in [9.17, 15) is 4.79 Å². The summed E-state index contributed by atoms with van der Waals surface area (Å²) in [7, 11) is 0. The highest BCUT2D eigenvalue weighted by molar-refractivity contribution is 9.10. The summed E-state index contributed by atoms with van der Waals surface area (Å²) in [6.07, 6.45) is 0.0137. The van der Waals surface area contributed by atoms with Crippen LogP contribution >= 0.6 is 15.9 Å². The molecular weight excluding hydrogens is 334 g/mol. The first-order valence-corrected chi connectivity index (χ1v) is 8.15. The van der Waals surface area contributed by atoms with Crippen molar-refractivity contribution in [2.24, 2.45) is 0 Å². The van der Waals surface area contributed by atoms with Gasteiger partial charge in [-0.2, -0.15) is 0 Å². The molecule has 4 nitrogen and oxygen atoms in total. The van der Waals surface area contributed by atoms with E-state index in [2.05, 4.69) is 28.2 Å². The Morgan fingerprint density at radius 3 is 2.62 bits per heavy atom. The van der Waals surface area contributed by atoms with Crippen LogP contribution in [0.1, 0.15) is 38.3 Å². The molecule has 0 bridgehead atoms. The van der Waals surface area contributed by atoms with Gasteiger partial charge in [0, 0.05) is 16.6 Å². The number of ether oxygens (including phenoxy) is 2. The number of aryl methyl sites for hydroxylation is 1. The minimum absolute atomic E-state index is 0.309. The van der Waals surface area contributed by atoms with Crippen molar-refractivity contribution >= 4 is 21.9 Å². The second kappa shape index (κ2) is 9.05. The zero-order valence-electron chi connectivity index (χ0n) is 13.2. The molecule has 0 aliphatic carbocycles. The average molecular weight is 358 g/mol. The lowest BCUT2D eigenvalue weighted by atomic mass is 10.1. The van der Waals surface area contributed by atoms with Crippen LogP contribution in [0.4, 0.5) is 0 Å². The third-order valence-corrected chi connectivity index (χ3v) is 3.52. The summed E-state index contributed by atoms with van der Waals surface area (Å²) >= 11 is 3.50. The van der Waals surface area contributed by atoms with Gasteiger partial charge in [-0.15, -0.1) is 0 Å². The summed E-state index contributed by atoms with van der Waals surface area (Å²) in [4.78, 5) is 11.9. The van der Waals surface area contributed by atoms with Gasteiger partial charge < -0.3 is 14.8 Å². The predicted octanol–water partition coefficient (Wildman–Crippen LogP) is 3.59. The van der Waals surface area contributed by atoms with Crippen LogP contribution in [0.3, 0.4) is 0 Å². The molecule has 1 rings (SSSR count). The molecule has 1 unspecified atom stereocenters. The van der Waals surface area contributed by atoms with Crippen LogP contribution in [0.5, 0.6) is 5.75 Å². The van der Waals surface area contributed by atoms with Gasteiger partial charge in [-0.25, -0.2) is 4.79 Å². The fourth-order valence-electron chi connectivity index (χ4n) is 2.03. The van der Waals surface area contributed by atoms with Gasteiger partial charge in [0.1, 0.15) is 5.75 Å². The Morgan fingerprint density at radius 2 is 2.05 bits per heavy atom. The van der Waals surface area contributed by atoms with E-state index in [1.54, 1.807) is 6.92 Å². The van der Waals surface area contributed by atoms with Crippen molar-refractivity contribution in [3.63, 3.8) is 0 Å². The number of carbonyl (C=O) groups excluding carboxylic acids is 1. The Labute approximate surface area is 135 Å². The van der Waals surface area contributed by atoms with Crippen molar-refractivity contribution in [1.82, 2.24) is 5.32 Å². The first kappa shape index (κ1) is 18.0. The Kier molecular flexibility index (Phi) is 7.75. The Hall–Kier alpha value is -1.07. The average Bonchev–Trinajstić information content (AvgIpc) is 2.44. The molecule has 118 valence electrons. The van der Waals surface area contributed by atoms with Crippen LogP contribution in [0.25, 0.3) is 0 Å². The summed E-state index contributed by atoms with van der Waals surface area (Å²) in [5.41, 5.74) is 2.03. The van der Waals surface area contributed by atoms with Gasteiger partial charge in [0.2, 0.25) is 0 Å². The number of hydrogen-bond donors (Lipinski definition) is 1. The van der Waals surface area contributed by atoms with E-state index in [4.69, 9.17) is 9.47 Å². The number of benzene rings is 1. The van der Waals surface area contributed by atoms with Gasteiger partial charge in [0.15, 0.2) is 6.10 Å². The minimum Gasteiger partial charge on any atom is -0.478 e. The van der Waals surface area contributed by atoms with Gasteiger partial charge in [0.25, 0.3) is 0 Å². The number of nitrogens with one attached hydrogen (secondary N) is 1. The fourth-order valence-corrected chi connectivity index (χ4v) is 2.65. The van der Waals surface area contributed by atoms with Crippen molar-refractivity contribution in [3.05, 3.63) is 27.7 Å². The first-order valence-electron chi connectivity index (χ1n) is 7.36. The Balaban J connectivity index is 3.01. The molecule has 0 spiro atoms. The van der Waals surface area contributed by atoms with Crippen LogP contribution in [0.15, 0.2) is 16.6 Å². The van der Waals surface area contributed by atoms with E-state index in [1.165, 1.54) is 0 Å². The van der Waals surface area contributed by atoms with E-state index < -0.39 is 6.10 Å². The molecule has 1 aromatic carbocycles. The summed E-state index contributed by atoms with van der Waals surface area (Å²) in [5.74, 6) is 0.454. The molecule has 0 aliphatic heterocycles. The van der Waals surface area contributed by atoms with Crippen LogP contribution in [-0.2, 0) is 16.1 Å². The number of hydrogen-bond acceptors (Lipinski definition) is 4. The molecule has 5 heteroatoms. The third-order valence-electron chi connectivity index (χ3n) is 3.06. The van der Waals surface area contributed by atoms with Gasteiger partial charge in [-0.1, -0.05) is 29.8 Å². The molecule has 1 N–H and O–H groups in total. The minimum atomic E-state index is -0.565. The summed E-state index contributed by atoms with van der Waals surface area (Å²) in [5, 5.41) is 3.29. The Bertz CT molecular complexity index is 477. The lowest BCUT2D eigenvalue weighted by Crippen LogP contribution is -2.29. The number of esters is 1. The van der Waals surface area contributed by atoms with Crippen LogP contribution in [0, 0.1) is 6.92 Å². The second-order valence-electron chi connectivity index (χ2n) is 4.76. The summed E-state index contributed by atoms with van der Waals surface area (Å²) in [6.45, 7) is 9.69. The van der Waals surface area contributed by atoms with Crippen molar-refractivity contribution in [2.45, 2.75) is 46.8 Å². The lowest BCUT2D eigenvalue weighted by molar-refractivity contribution is -0.151. The smallest absolute Gasteiger partial charge is 0.347 e. The van der Waals surface area contributed by atoms with Gasteiger partial charge in [-0.05, 0) is 44.5 Å². The number of rotatable bonds is 8. The van der Waals surface area contributed by atoms with Crippen LogP contribution in [-0.4, -0.2) is 25.2 Å². The van der Waals surface area contributed by atoms with Crippen molar-refractivity contribution < 1.29 is 14.3 Å². The molecule has 0 amide bonds.